The molecule has 0 heterocycles. The highest BCUT2D eigenvalue weighted by Crippen LogP contribution is 2.43. The number of azo groups is 2. The summed E-state index contributed by atoms with van der Waals surface area (Å²) >= 11 is 0. The lowest BCUT2D eigenvalue weighted by Gasteiger charge is -2.18. The number of benzene rings is 4. The van der Waals surface area contributed by atoms with E-state index in [2.05, 4.69) is 20.5 Å². The Morgan fingerprint density at radius 2 is 1.57 bits per heavy atom. The summed E-state index contributed by atoms with van der Waals surface area (Å²) in [5, 5.41) is 30.2. The van der Waals surface area contributed by atoms with Crippen LogP contribution in [0, 0.1) is 0 Å². The monoisotopic (exact) mass is 491 g/mol. The van der Waals surface area contributed by atoms with Gasteiger partial charge in [0.2, 0.25) is 0 Å². The van der Waals surface area contributed by atoms with Crippen molar-refractivity contribution in [3.8, 4) is 5.75 Å². The molecular formula is C25H25N5O4S. The van der Waals surface area contributed by atoms with Gasteiger partial charge in [0.25, 0.3) is 10.1 Å². The first-order valence-electron chi connectivity index (χ1n) is 10.9. The molecule has 0 aliphatic heterocycles. The molecule has 0 radical (unpaired) electrons. The van der Waals surface area contributed by atoms with Gasteiger partial charge in [-0.3, -0.25) is 4.18 Å². The average Bonchev–Trinajstić information content (AvgIpc) is 2.88. The van der Waals surface area contributed by atoms with Crippen molar-refractivity contribution in [3.63, 3.8) is 0 Å². The number of hydrogen-bond donors (Lipinski definition) is 1. The molecule has 35 heavy (non-hydrogen) atoms. The normalized spacial score (nSPS) is 12.3. The van der Waals surface area contributed by atoms with Crippen LogP contribution < -0.4 is 4.90 Å². The maximum absolute atomic E-state index is 12.7. The van der Waals surface area contributed by atoms with Gasteiger partial charge in [0.15, 0.2) is 5.75 Å². The lowest BCUT2D eigenvalue weighted by Crippen LogP contribution is -2.15. The topological polar surface area (TPSA) is 116 Å². The van der Waals surface area contributed by atoms with E-state index in [1.54, 1.807) is 31.3 Å². The van der Waals surface area contributed by atoms with E-state index in [0.717, 1.165) is 30.1 Å². The largest absolute Gasteiger partial charge is 0.505 e. The van der Waals surface area contributed by atoms with Crippen LogP contribution in [-0.4, -0.2) is 41.3 Å². The SMILES string of the molecule is CCN(C)c1ccc2cc(S(=O)(=O)OC)c(N=Nc3ccc(N=NC)c4ccccc34)c(O)c2c1. The summed E-state index contributed by atoms with van der Waals surface area (Å²) in [6, 6.07) is 17.8. The van der Waals surface area contributed by atoms with Crippen molar-refractivity contribution in [2.45, 2.75) is 11.8 Å². The smallest absolute Gasteiger partial charge is 0.299 e. The molecule has 0 saturated heterocycles. The number of rotatable bonds is 7. The summed E-state index contributed by atoms with van der Waals surface area (Å²) in [5.41, 5.74) is 1.82. The maximum Gasteiger partial charge on any atom is 0.299 e. The minimum absolute atomic E-state index is 0.197. The Kier molecular flexibility index (Phi) is 6.77. The molecule has 1 N–H and O–H groups in total. The van der Waals surface area contributed by atoms with Crippen LogP contribution in [0.15, 0.2) is 86.0 Å². The van der Waals surface area contributed by atoms with Gasteiger partial charge in [-0.2, -0.15) is 18.6 Å². The van der Waals surface area contributed by atoms with Crippen LogP contribution in [0.2, 0.25) is 0 Å². The fourth-order valence-corrected chi connectivity index (χ4v) is 4.60. The molecule has 4 aromatic rings. The third kappa shape index (κ3) is 4.58. The van der Waals surface area contributed by atoms with Crippen LogP contribution in [0.25, 0.3) is 21.5 Å². The lowest BCUT2D eigenvalue weighted by atomic mass is 10.1. The van der Waals surface area contributed by atoms with Gasteiger partial charge in [-0.1, -0.05) is 30.3 Å². The Balaban J connectivity index is 1.95. The summed E-state index contributed by atoms with van der Waals surface area (Å²) in [6.07, 6.45) is 0. The maximum atomic E-state index is 12.7. The Morgan fingerprint density at radius 3 is 2.17 bits per heavy atom. The van der Waals surface area contributed by atoms with E-state index in [-0.39, 0.29) is 16.3 Å². The number of fused-ring (bicyclic) bond motifs is 2. The molecular weight excluding hydrogens is 466 g/mol. The van der Waals surface area contributed by atoms with E-state index in [4.69, 9.17) is 4.18 Å². The highest BCUT2D eigenvalue weighted by molar-refractivity contribution is 7.87. The van der Waals surface area contributed by atoms with E-state index in [1.165, 1.54) is 6.07 Å². The Labute approximate surface area is 203 Å². The van der Waals surface area contributed by atoms with Crippen LogP contribution >= 0.6 is 0 Å². The number of nitrogens with zero attached hydrogens (tertiary/aromatic N) is 5. The van der Waals surface area contributed by atoms with Crippen molar-refractivity contribution in [1.29, 1.82) is 0 Å². The number of phenols is 1. The number of phenolic OH excluding ortho intramolecular Hbond substituents is 1. The minimum atomic E-state index is -4.19. The van der Waals surface area contributed by atoms with Crippen LogP contribution in [-0.2, 0) is 14.3 Å². The first-order chi connectivity index (χ1) is 16.8. The number of hydrogen-bond acceptors (Lipinski definition) is 9. The second-order valence-corrected chi connectivity index (χ2v) is 9.44. The van der Waals surface area contributed by atoms with Crippen LogP contribution in [0.4, 0.5) is 22.7 Å². The first kappa shape index (κ1) is 24.2. The van der Waals surface area contributed by atoms with Gasteiger partial charge < -0.3 is 10.0 Å². The molecule has 0 atom stereocenters. The zero-order valence-electron chi connectivity index (χ0n) is 19.8. The predicted molar refractivity (Wildman–Crippen MR) is 137 cm³/mol. The predicted octanol–water partition coefficient (Wildman–Crippen LogP) is 6.62. The standard InChI is InChI=1S/C25H25N5O4S/c1-5-30(3)17-11-10-16-14-23(35(32,33)34-4)24(25(31)20(16)15-17)29-28-22-13-12-21(27-26-2)18-8-6-7-9-19(18)22/h6-15,31H,5H2,1-4H3. The Morgan fingerprint density at radius 1 is 0.914 bits per heavy atom. The highest BCUT2D eigenvalue weighted by atomic mass is 32.2. The summed E-state index contributed by atoms with van der Waals surface area (Å²) in [6.45, 7) is 2.77. The molecule has 0 unspecified atom stereocenters. The number of aromatic hydroxyl groups is 1. The van der Waals surface area contributed by atoms with E-state index in [9.17, 15) is 13.5 Å². The molecule has 0 fully saturated rings. The van der Waals surface area contributed by atoms with Crippen molar-refractivity contribution in [3.05, 3.63) is 60.7 Å². The first-order valence-corrected chi connectivity index (χ1v) is 12.3. The van der Waals surface area contributed by atoms with Gasteiger partial charge >= 0.3 is 0 Å². The fourth-order valence-electron chi connectivity index (χ4n) is 3.78. The van der Waals surface area contributed by atoms with Gasteiger partial charge in [0.1, 0.15) is 10.6 Å². The summed E-state index contributed by atoms with van der Waals surface area (Å²) in [7, 11) is 0.390. The van der Waals surface area contributed by atoms with Crippen molar-refractivity contribution in [2.75, 3.05) is 32.6 Å². The van der Waals surface area contributed by atoms with Gasteiger partial charge in [0.05, 0.1) is 18.5 Å². The highest BCUT2D eigenvalue weighted by Gasteiger charge is 2.24. The van der Waals surface area contributed by atoms with Gasteiger partial charge in [-0.05, 0) is 42.6 Å². The Bertz CT molecular complexity index is 1580. The second kappa shape index (κ2) is 9.77. The van der Waals surface area contributed by atoms with E-state index >= 15 is 0 Å². The summed E-state index contributed by atoms with van der Waals surface area (Å²) in [5.74, 6) is -0.297. The molecule has 0 spiro atoms. The van der Waals surface area contributed by atoms with E-state index in [1.807, 2.05) is 49.2 Å². The molecule has 4 aromatic carbocycles. The van der Waals surface area contributed by atoms with Crippen LogP contribution in [0.1, 0.15) is 6.92 Å². The molecule has 10 heteroatoms. The van der Waals surface area contributed by atoms with Crippen molar-refractivity contribution < 1.29 is 17.7 Å². The molecule has 4 rings (SSSR count). The molecule has 0 aliphatic rings. The zero-order chi connectivity index (χ0) is 25.2. The average molecular weight is 492 g/mol. The summed E-state index contributed by atoms with van der Waals surface area (Å²) < 4.78 is 30.2. The lowest BCUT2D eigenvalue weighted by molar-refractivity contribution is 0.397. The van der Waals surface area contributed by atoms with Crippen molar-refractivity contribution in [1.82, 2.24) is 0 Å². The summed E-state index contributed by atoms with van der Waals surface area (Å²) in [4.78, 5) is 1.73. The quantitative estimate of drug-likeness (QED) is 0.230. The third-order valence-corrected chi connectivity index (χ3v) is 7.07. The number of anilines is 1. The van der Waals surface area contributed by atoms with E-state index in [0.29, 0.717) is 22.1 Å². The molecule has 9 nitrogen and oxygen atoms in total. The minimum Gasteiger partial charge on any atom is -0.505 e. The van der Waals surface area contributed by atoms with Crippen molar-refractivity contribution >= 4 is 54.4 Å². The fraction of sp³-hybridized carbons (Fsp3) is 0.200. The van der Waals surface area contributed by atoms with E-state index < -0.39 is 10.1 Å². The zero-order valence-corrected chi connectivity index (χ0v) is 20.6. The van der Waals surface area contributed by atoms with Crippen molar-refractivity contribution in [2.24, 2.45) is 20.5 Å². The van der Waals surface area contributed by atoms with Gasteiger partial charge in [-0.25, -0.2) is 0 Å². The molecule has 180 valence electrons. The molecule has 0 amide bonds. The Hall–Kier alpha value is -3.89. The molecule has 0 saturated carbocycles. The second-order valence-electron chi connectivity index (χ2n) is 7.76. The third-order valence-electron chi connectivity index (χ3n) is 5.78. The molecule has 0 aliphatic carbocycles. The van der Waals surface area contributed by atoms with Gasteiger partial charge in [-0.15, -0.1) is 10.2 Å². The van der Waals surface area contributed by atoms with Crippen LogP contribution in [0.5, 0.6) is 5.75 Å². The molecule has 0 aromatic heterocycles. The van der Waals surface area contributed by atoms with Crippen LogP contribution in [0.3, 0.4) is 0 Å². The van der Waals surface area contributed by atoms with Gasteiger partial charge in [0, 0.05) is 42.5 Å². The molecule has 0 bridgehead atoms.